The van der Waals surface area contributed by atoms with Crippen LogP contribution in [0.4, 0.5) is 22.0 Å². The van der Waals surface area contributed by atoms with Crippen molar-refractivity contribution in [2.45, 2.75) is 24.6 Å². The number of ether oxygens (including phenoxy) is 3. The van der Waals surface area contributed by atoms with E-state index in [0.29, 0.717) is 34.2 Å². The van der Waals surface area contributed by atoms with Gasteiger partial charge in [0.05, 0.1) is 19.8 Å². The number of rotatable bonds is 9. The van der Waals surface area contributed by atoms with E-state index in [1.807, 2.05) is 0 Å². The molecule has 3 aromatic rings. The summed E-state index contributed by atoms with van der Waals surface area (Å²) in [6, 6.07) is 14.1. The molecule has 0 aliphatic heterocycles. The van der Waals surface area contributed by atoms with Gasteiger partial charge < -0.3 is 14.2 Å². The Hall–Kier alpha value is -2.55. The normalized spacial score (nSPS) is 13.4. The van der Waals surface area contributed by atoms with E-state index in [4.69, 9.17) is 37.4 Å². The number of halogens is 7. The highest BCUT2D eigenvalue weighted by molar-refractivity contribution is 6.30. The van der Waals surface area contributed by atoms with Gasteiger partial charge in [-0.15, -0.1) is 11.6 Å². The number of alkyl halides is 4. The van der Waals surface area contributed by atoms with E-state index in [1.54, 1.807) is 48.5 Å². The molecule has 182 valence electrons. The number of benzene rings is 3. The van der Waals surface area contributed by atoms with Crippen molar-refractivity contribution in [3.8, 4) is 17.2 Å². The Morgan fingerprint density at radius 1 is 0.882 bits per heavy atom. The Labute approximate surface area is 203 Å². The molecule has 0 N–H and O–H groups in total. The molecule has 0 radical (unpaired) electrons. The highest BCUT2D eigenvalue weighted by Gasteiger charge is 2.55. The van der Waals surface area contributed by atoms with Crippen molar-refractivity contribution in [2.75, 3.05) is 13.2 Å². The van der Waals surface area contributed by atoms with Gasteiger partial charge in [-0.3, -0.25) is 0 Å². The Balaban J connectivity index is 1.75. The molecule has 0 saturated carbocycles. The van der Waals surface area contributed by atoms with E-state index < -0.39 is 40.6 Å². The van der Waals surface area contributed by atoms with Gasteiger partial charge in [-0.05, 0) is 66.6 Å². The summed E-state index contributed by atoms with van der Waals surface area (Å²) in [5.41, 5.74) is -0.336. The molecule has 0 spiro atoms. The lowest BCUT2D eigenvalue weighted by atomic mass is 9.97. The minimum Gasteiger partial charge on any atom is -0.488 e. The van der Waals surface area contributed by atoms with Gasteiger partial charge in [-0.2, -0.15) is 13.2 Å². The quantitative estimate of drug-likeness (QED) is 0.211. The highest BCUT2D eigenvalue weighted by atomic mass is 35.5. The Morgan fingerprint density at radius 3 is 2.12 bits per heavy atom. The molecular weight excluding hydrogens is 502 g/mol. The number of hydrogen-bond acceptors (Lipinski definition) is 3. The molecule has 0 heterocycles. The van der Waals surface area contributed by atoms with Crippen molar-refractivity contribution < 1.29 is 36.2 Å². The average molecular weight is 521 g/mol. The van der Waals surface area contributed by atoms with Crippen LogP contribution in [0.3, 0.4) is 0 Å². The first kappa shape index (κ1) is 26.1. The van der Waals surface area contributed by atoms with Crippen LogP contribution in [0.15, 0.2) is 60.7 Å². The van der Waals surface area contributed by atoms with Crippen LogP contribution >= 0.6 is 23.2 Å². The second kappa shape index (κ2) is 10.8. The molecule has 0 bridgehead atoms. The van der Waals surface area contributed by atoms with Crippen LogP contribution < -0.4 is 9.47 Å². The summed E-state index contributed by atoms with van der Waals surface area (Å²) in [4.78, 5) is -3.18. The molecule has 3 aromatic carbocycles. The van der Waals surface area contributed by atoms with Crippen LogP contribution in [0.1, 0.15) is 18.1 Å². The fraction of sp³-hybridized carbons (Fsp3) is 0.250. The third-order valence-corrected chi connectivity index (χ3v) is 5.50. The summed E-state index contributed by atoms with van der Waals surface area (Å²) in [6.07, 6.45) is -5.07. The SMILES string of the molecule is CCOc1c(F)cc(C(Cl)(COCc2cccc(Oc3ccc(Cl)cc3)c2)C(F)(F)F)cc1F. The summed E-state index contributed by atoms with van der Waals surface area (Å²) in [7, 11) is 0. The third-order valence-electron chi connectivity index (χ3n) is 4.71. The lowest BCUT2D eigenvalue weighted by Gasteiger charge is -2.30. The van der Waals surface area contributed by atoms with Crippen LogP contribution in [0, 0.1) is 11.6 Å². The largest absolute Gasteiger partial charge is 0.488 e. The molecule has 0 saturated heterocycles. The molecule has 1 atom stereocenters. The zero-order valence-corrected chi connectivity index (χ0v) is 19.3. The fourth-order valence-corrected chi connectivity index (χ4v) is 3.36. The lowest BCUT2D eigenvalue weighted by Crippen LogP contribution is -2.41. The van der Waals surface area contributed by atoms with E-state index in [9.17, 15) is 22.0 Å². The maximum Gasteiger partial charge on any atom is 0.413 e. The molecule has 34 heavy (non-hydrogen) atoms. The topological polar surface area (TPSA) is 27.7 Å². The van der Waals surface area contributed by atoms with Gasteiger partial charge in [0.15, 0.2) is 22.3 Å². The van der Waals surface area contributed by atoms with E-state index in [1.165, 1.54) is 6.92 Å². The first-order valence-electron chi connectivity index (χ1n) is 10.0. The zero-order valence-electron chi connectivity index (χ0n) is 17.8. The summed E-state index contributed by atoms with van der Waals surface area (Å²) < 4.78 is 85.7. The zero-order chi connectivity index (χ0) is 24.9. The Morgan fingerprint density at radius 2 is 1.53 bits per heavy atom. The minimum atomic E-state index is -5.07. The first-order chi connectivity index (χ1) is 16.0. The van der Waals surface area contributed by atoms with E-state index >= 15 is 0 Å². The Bertz CT molecular complexity index is 1100. The number of hydrogen-bond donors (Lipinski definition) is 0. The standard InChI is InChI=1S/C24H19Cl2F5O3/c1-2-33-22-20(27)11-16(12-21(22)28)23(26,24(29,30)31)14-32-13-15-4-3-5-19(10-15)34-18-8-6-17(25)7-9-18/h3-12H,2,13-14H2,1H3. The van der Waals surface area contributed by atoms with E-state index in [2.05, 4.69) is 0 Å². The predicted molar refractivity (Wildman–Crippen MR) is 119 cm³/mol. The summed E-state index contributed by atoms with van der Waals surface area (Å²) in [5, 5.41) is 0.538. The van der Waals surface area contributed by atoms with Gasteiger partial charge in [0.1, 0.15) is 11.5 Å². The van der Waals surface area contributed by atoms with Gasteiger partial charge in [0.2, 0.25) is 0 Å². The van der Waals surface area contributed by atoms with Crippen molar-refractivity contribution >= 4 is 23.2 Å². The maximum absolute atomic E-state index is 14.2. The molecule has 1 unspecified atom stereocenters. The average Bonchev–Trinajstić information content (AvgIpc) is 2.77. The van der Waals surface area contributed by atoms with E-state index in [-0.39, 0.29) is 13.2 Å². The van der Waals surface area contributed by atoms with Crippen LogP contribution in [0.25, 0.3) is 0 Å². The van der Waals surface area contributed by atoms with Crippen molar-refractivity contribution in [3.05, 3.63) is 88.4 Å². The van der Waals surface area contributed by atoms with Crippen LogP contribution in [0.2, 0.25) is 5.02 Å². The molecular formula is C24H19Cl2F5O3. The van der Waals surface area contributed by atoms with Gasteiger partial charge >= 0.3 is 6.18 Å². The predicted octanol–water partition coefficient (Wildman–Crippen LogP) is 8.02. The van der Waals surface area contributed by atoms with Crippen molar-refractivity contribution in [1.82, 2.24) is 0 Å². The molecule has 0 fully saturated rings. The second-order valence-corrected chi connectivity index (χ2v) is 8.28. The van der Waals surface area contributed by atoms with Gasteiger partial charge in [0.25, 0.3) is 0 Å². The molecule has 0 aromatic heterocycles. The molecule has 3 nitrogen and oxygen atoms in total. The van der Waals surface area contributed by atoms with Gasteiger partial charge in [0, 0.05) is 5.02 Å². The molecule has 0 aliphatic rings. The van der Waals surface area contributed by atoms with Crippen LogP contribution in [-0.4, -0.2) is 19.4 Å². The van der Waals surface area contributed by atoms with Gasteiger partial charge in [-0.1, -0.05) is 23.7 Å². The molecule has 10 heteroatoms. The van der Waals surface area contributed by atoms with Crippen molar-refractivity contribution in [1.29, 1.82) is 0 Å². The smallest absolute Gasteiger partial charge is 0.413 e. The van der Waals surface area contributed by atoms with E-state index in [0.717, 1.165) is 0 Å². The molecule has 0 aliphatic carbocycles. The van der Waals surface area contributed by atoms with Gasteiger partial charge in [-0.25, -0.2) is 8.78 Å². The van der Waals surface area contributed by atoms with Crippen molar-refractivity contribution in [3.63, 3.8) is 0 Å². The minimum absolute atomic E-state index is 0.0671. The first-order valence-corrected chi connectivity index (χ1v) is 10.8. The summed E-state index contributed by atoms with van der Waals surface area (Å²) in [5.74, 6) is -2.42. The maximum atomic E-state index is 14.2. The second-order valence-electron chi connectivity index (χ2n) is 7.20. The lowest BCUT2D eigenvalue weighted by molar-refractivity contribution is -0.179. The Kier molecular flexibility index (Phi) is 8.28. The summed E-state index contributed by atoms with van der Waals surface area (Å²) in [6.45, 7) is 0.0671. The van der Waals surface area contributed by atoms with Crippen LogP contribution in [0.5, 0.6) is 17.2 Å². The third kappa shape index (κ3) is 6.11. The summed E-state index contributed by atoms with van der Waals surface area (Å²) >= 11 is 11.7. The van der Waals surface area contributed by atoms with Crippen LogP contribution in [-0.2, 0) is 16.2 Å². The molecule has 0 amide bonds. The molecule has 3 rings (SSSR count). The van der Waals surface area contributed by atoms with Crippen molar-refractivity contribution in [2.24, 2.45) is 0 Å². The monoisotopic (exact) mass is 520 g/mol. The fourth-order valence-electron chi connectivity index (χ4n) is 3.05. The highest BCUT2D eigenvalue weighted by Crippen LogP contribution is 2.46.